The van der Waals surface area contributed by atoms with Gasteiger partial charge in [0, 0.05) is 27.8 Å². The van der Waals surface area contributed by atoms with E-state index in [2.05, 4.69) is 18.2 Å². The predicted octanol–water partition coefficient (Wildman–Crippen LogP) is 7.35. The highest BCUT2D eigenvalue weighted by molar-refractivity contribution is 7.92. The molecule has 1 aliphatic heterocycles. The summed E-state index contributed by atoms with van der Waals surface area (Å²) in [6.07, 6.45) is 0. The Morgan fingerprint density at radius 1 is 0.385 bits per heavy atom. The molecule has 0 bridgehead atoms. The minimum Gasteiger partial charge on any atom is -0.218 e. The molecule has 0 saturated heterocycles. The van der Waals surface area contributed by atoms with Crippen LogP contribution in [0.4, 0.5) is 0 Å². The van der Waals surface area contributed by atoms with Crippen molar-refractivity contribution in [2.45, 2.75) is 9.79 Å². The Morgan fingerprint density at radius 2 is 0.897 bits per heavy atom. The number of rotatable bonds is 4. The molecule has 1 aromatic heterocycles. The molecule has 0 aliphatic carbocycles. The van der Waals surface area contributed by atoms with E-state index in [0.717, 1.165) is 27.8 Å². The van der Waals surface area contributed by atoms with Crippen LogP contribution in [-0.4, -0.2) is 23.4 Å². The van der Waals surface area contributed by atoms with Crippen molar-refractivity contribution in [3.8, 4) is 56.4 Å². The van der Waals surface area contributed by atoms with E-state index in [1.165, 1.54) is 0 Å². The van der Waals surface area contributed by atoms with Crippen molar-refractivity contribution in [2.24, 2.45) is 0 Å². The molecule has 0 atom stereocenters. The highest BCUT2D eigenvalue weighted by atomic mass is 32.2. The second kappa shape index (κ2) is 9.11. The lowest BCUT2D eigenvalue weighted by Gasteiger charge is -2.12. The molecule has 6 aromatic rings. The third kappa shape index (κ3) is 3.93. The van der Waals surface area contributed by atoms with Gasteiger partial charge in [-0.15, -0.1) is 0 Å². The van der Waals surface area contributed by atoms with Gasteiger partial charge in [-0.1, -0.05) is 103 Å². The summed E-state index contributed by atoms with van der Waals surface area (Å²) in [4.78, 5) is 15.3. The second-order valence-electron chi connectivity index (χ2n) is 9.29. The van der Waals surface area contributed by atoms with E-state index in [-0.39, 0.29) is 0 Å². The minimum atomic E-state index is -3.56. The maximum atomic E-state index is 13.1. The third-order valence-corrected chi connectivity index (χ3v) is 8.78. The molecule has 2 heterocycles. The minimum absolute atomic E-state index is 0.305. The zero-order valence-corrected chi connectivity index (χ0v) is 21.5. The molecule has 186 valence electrons. The standard InChI is InChI=1S/C33H21N3O2S/c37-39(38)29-18-10-9-16-26(29)28-21-24(19-20-30(28)39)32-34-31(23-13-5-2-6-14-23)35-33(36-32)27-17-8-7-15-25(27)22-11-3-1-4-12-22/h1-21H. The number of sulfone groups is 1. The average Bonchev–Trinajstić information content (AvgIpc) is 3.24. The van der Waals surface area contributed by atoms with E-state index < -0.39 is 9.84 Å². The maximum absolute atomic E-state index is 13.1. The van der Waals surface area contributed by atoms with E-state index in [4.69, 9.17) is 15.0 Å². The van der Waals surface area contributed by atoms with Gasteiger partial charge in [0.25, 0.3) is 0 Å². The van der Waals surface area contributed by atoms with Crippen LogP contribution in [0.5, 0.6) is 0 Å². The molecule has 0 unspecified atom stereocenters. The predicted molar refractivity (Wildman–Crippen MR) is 152 cm³/mol. The summed E-state index contributed by atoms with van der Waals surface area (Å²) in [7, 11) is -3.56. The number of benzene rings is 5. The summed E-state index contributed by atoms with van der Waals surface area (Å²) in [5, 5.41) is 0. The Balaban J connectivity index is 1.45. The van der Waals surface area contributed by atoms with Crippen LogP contribution in [0.3, 0.4) is 0 Å². The van der Waals surface area contributed by atoms with Crippen molar-refractivity contribution in [3.63, 3.8) is 0 Å². The molecule has 0 spiro atoms. The summed E-state index contributed by atoms with van der Waals surface area (Å²) < 4.78 is 26.3. The molecule has 0 radical (unpaired) electrons. The summed E-state index contributed by atoms with van der Waals surface area (Å²) in [5.74, 6) is 1.57. The molecule has 0 fully saturated rings. The van der Waals surface area contributed by atoms with E-state index in [1.807, 2.05) is 84.9 Å². The molecule has 0 N–H and O–H groups in total. The van der Waals surface area contributed by atoms with E-state index in [1.54, 1.807) is 24.3 Å². The van der Waals surface area contributed by atoms with Gasteiger partial charge in [0.1, 0.15) is 0 Å². The van der Waals surface area contributed by atoms with Crippen molar-refractivity contribution >= 4 is 9.84 Å². The quantitative estimate of drug-likeness (QED) is 0.241. The number of hydrogen-bond acceptors (Lipinski definition) is 5. The first-order valence-electron chi connectivity index (χ1n) is 12.5. The molecule has 6 heteroatoms. The van der Waals surface area contributed by atoms with Gasteiger partial charge in [-0.05, 0) is 35.4 Å². The SMILES string of the molecule is O=S1(=O)c2ccccc2-c2cc(-c3nc(-c4ccccc4)nc(-c4ccccc4-c4ccccc4)n3)ccc21. The second-order valence-corrected chi connectivity index (χ2v) is 11.2. The van der Waals surface area contributed by atoms with Gasteiger partial charge in [-0.25, -0.2) is 23.4 Å². The lowest BCUT2D eigenvalue weighted by Crippen LogP contribution is -2.01. The van der Waals surface area contributed by atoms with Crippen molar-refractivity contribution in [1.29, 1.82) is 0 Å². The molecule has 39 heavy (non-hydrogen) atoms. The topological polar surface area (TPSA) is 72.8 Å². The van der Waals surface area contributed by atoms with Crippen LogP contribution in [0.1, 0.15) is 0 Å². The van der Waals surface area contributed by atoms with E-state index in [9.17, 15) is 8.42 Å². The lowest BCUT2D eigenvalue weighted by molar-refractivity contribution is 0.598. The van der Waals surface area contributed by atoms with Crippen molar-refractivity contribution in [2.75, 3.05) is 0 Å². The van der Waals surface area contributed by atoms with Gasteiger partial charge in [0.2, 0.25) is 9.84 Å². The summed E-state index contributed by atoms with van der Waals surface area (Å²) >= 11 is 0. The largest absolute Gasteiger partial charge is 0.218 e. The van der Waals surface area contributed by atoms with Crippen molar-refractivity contribution < 1.29 is 8.42 Å². The van der Waals surface area contributed by atoms with Gasteiger partial charge in [-0.2, -0.15) is 0 Å². The van der Waals surface area contributed by atoms with Crippen LogP contribution < -0.4 is 0 Å². The van der Waals surface area contributed by atoms with Crippen LogP contribution in [0, 0.1) is 0 Å². The van der Waals surface area contributed by atoms with Crippen LogP contribution in [0.25, 0.3) is 56.4 Å². The molecule has 1 aliphatic rings. The van der Waals surface area contributed by atoms with Gasteiger partial charge in [0.05, 0.1) is 9.79 Å². The summed E-state index contributed by atoms with van der Waals surface area (Å²) in [6, 6.07) is 40.4. The summed E-state index contributed by atoms with van der Waals surface area (Å²) in [5.41, 5.74) is 5.92. The fourth-order valence-corrected chi connectivity index (χ4v) is 6.71. The molecular formula is C33H21N3O2S. The van der Waals surface area contributed by atoms with Crippen LogP contribution in [-0.2, 0) is 9.84 Å². The number of hydrogen-bond donors (Lipinski definition) is 0. The highest BCUT2D eigenvalue weighted by Crippen LogP contribution is 2.44. The first-order chi connectivity index (χ1) is 19.1. The zero-order chi connectivity index (χ0) is 26.4. The monoisotopic (exact) mass is 523 g/mol. The highest BCUT2D eigenvalue weighted by Gasteiger charge is 2.33. The number of nitrogens with zero attached hydrogens (tertiary/aromatic N) is 3. The van der Waals surface area contributed by atoms with E-state index >= 15 is 0 Å². The lowest BCUT2D eigenvalue weighted by atomic mass is 9.99. The third-order valence-electron chi connectivity index (χ3n) is 6.91. The van der Waals surface area contributed by atoms with Crippen molar-refractivity contribution in [3.05, 3.63) is 127 Å². The molecular weight excluding hydrogens is 502 g/mol. The van der Waals surface area contributed by atoms with Gasteiger partial charge < -0.3 is 0 Å². The Labute approximate surface area is 226 Å². The Kier molecular flexibility index (Phi) is 5.42. The van der Waals surface area contributed by atoms with Crippen molar-refractivity contribution in [1.82, 2.24) is 15.0 Å². The number of fused-ring (bicyclic) bond motifs is 3. The molecule has 5 nitrogen and oxygen atoms in total. The molecule has 7 rings (SSSR count). The van der Waals surface area contributed by atoms with Gasteiger partial charge in [-0.3, -0.25) is 0 Å². The average molecular weight is 524 g/mol. The van der Waals surface area contributed by atoms with Crippen LogP contribution in [0.2, 0.25) is 0 Å². The first kappa shape index (κ1) is 23.2. The smallest absolute Gasteiger partial charge is 0.207 e. The van der Waals surface area contributed by atoms with Crippen LogP contribution >= 0.6 is 0 Å². The molecule has 0 saturated carbocycles. The summed E-state index contributed by atoms with van der Waals surface area (Å²) in [6.45, 7) is 0. The zero-order valence-electron chi connectivity index (χ0n) is 20.7. The Morgan fingerprint density at radius 3 is 1.62 bits per heavy atom. The first-order valence-corrected chi connectivity index (χ1v) is 14.0. The molecule has 5 aromatic carbocycles. The van der Waals surface area contributed by atoms with Crippen LogP contribution in [0.15, 0.2) is 137 Å². The normalized spacial score (nSPS) is 13.0. The van der Waals surface area contributed by atoms with Gasteiger partial charge >= 0.3 is 0 Å². The van der Waals surface area contributed by atoms with E-state index in [0.29, 0.717) is 38.4 Å². The fourth-order valence-electron chi connectivity index (χ4n) is 5.05. The number of aromatic nitrogens is 3. The Bertz CT molecular complexity index is 1970. The molecule has 0 amide bonds. The Hall–Kier alpha value is -4.94. The maximum Gasteiger partial charge on any atom is 0.207 e. The fraction of sp³-hybridized carbons (Fsp3) is 0. The van der Waals surface area contributed by atoms with Gasteiger partial charge in [0.15, 0.2) is 17.5 Å².